The van der Waals surface area contributed by atoms with Crippen molar-refractivity contribution in [2.45, 2.75) is 12.5 Å². The van der Waals surface area contributed by atoms with Crippen molar-refractivity contribution in [2.75, 3.05) is 0 Å². The van der Waals surface area contributed by atoms with Gasteiger partial charge < -0.3 is 5.11 Å². The molecule has 1 unspecified atom stereocenters. The van der Waals surface area contributed by atoms with E-state index in [4.69, 9.17) is 0 Å². The Morgan fingerprint density at radius 3 is 2.61 bits per heavy atom. The van der Waals surface area contributed by atoms with E-state index in [-0.39, 0.29) is 18.0 Å². The van der Waals surface area contributed by atoms with Crippen LogP contribution in [0.15, 0.2) is 48.8 Å². The van der Waals surface area contributed by atoms with E-state index in [1.54, 1.807) is 18.3 Å². The van der Waals surface area contributed by atoms with Crippen LogP contribution in [0.1, 0.15) is 28.4 Å². The predicted molar refractivity (Wildman–Crippen MR) is 64.5 cm³/mol. The van der Waals surface area contributed by atoms with E-state index in [1.165, 1.54) is 30.5 Å². The van der Waals surface area contributed by atoms with Crippen molar-refractivity contribution in [3.63, 3.8) is 0 Å². The number of carbonyl (C=O) groups excluding carboxylic acids is 1. The van der Waals surface area contributed by atoms with Gasteiger partial charge in [0.05, 0.1) is 6.10 Å². The number of aromatic nitrogens is 1. The Hall–Kier alpha value is -2.07. The van der Waals surface area contributed by atoms with Crippen LogP contribution < -0.4 is 0 Å². The van der Waals surface area contributed by atoms with Crippen LogP contribution in [0.5, 0.6) is 0 Å². The number of Topliss-reactive ketones (excluding diaryl/α,β-unsaturated/α-hetero) is 1. The molecule has 0 aliphatic heterocycles. The van der Waals surface area contributed by atoms with E-state index in [9.17, 15) is 14.3 Å². The normalized spacial score (nSPS) is 12.1. The zero-order valence-corrected chi connectivity index (χ0v) is 9.58. The molecule has 0 radical (unpaired) electrons. The lowest BCUT2D eigenvalue weighted by molar-refractivity contribution is 0.0880. The molecule has 2 rings (SSSR count). The molecule has 4 heteroatoms. The van der Waals surface area contributed by atoms with E-state index < -0.39 is 6.10 Å². The monoisotopic (exact) mass is 245 g/mol. The average molecular weight is 245 g/mol. The molecule has 1 aromatic heterocycles. The number of halogens is 1. The zero-order valence-electron chi connectivity index (χ0n) is 9.58. The SMILES string of the molecule is O=C(CC(O)c1cccnc1)c1ccc(F)cc1. The van der Waals surface area contributed by atoms with Gasteiger partial charge in [-0.15, -0.1) is 0 Å². The summed E-state index contributed by atoms with van der Waals surface area (Å²) in [6.07, 6.45) is 2.18. The molecule has 18 heavy (non-hydrogen) atoms. The molecular formula is C14H12FNO2. The quantitative estimate of drug-likeness (QED) is 0.842. The molecule has 2 aromatic rings. The van der Waals surface area contributed by atoms with Crippen LogP contribution in [0, 0.1) is 5.82 Å². The molecule has 0 aliphatic carbocycles. The Balaban J connectivity index is 2.06. The second kappa shape index (κ2) is 5.51. The van der Waals surface area contributed by atoms with Crippen LogP contribution in [-0.4, -0.2) is 15.9 Å². The number of carbonyl (C=O) groups is 1. The summed E-state index contributed by atoms with van der Waals surface area (Å²) in [6, 6.07) is 8.67. The van der Waals surface area contributed by atoms with Gasteiger partial charge in [-0.3, -0.25) is 9.78 Å². The van der Waals surface area contributed by atoms with Gasteiger partial charge >= 0.3 is 0 Å². The van der Waals surface area contributed by atoms with E-state index >= 15 is 0 Å². The lowest BCUT2D eigenvalue weighted by Crippen LogP contribution is -2.07. The first-order valence-electron chi connectivity index (χ1n) is 5.53. The van der Waals surface area contributed by atoms with Gasteiger partial charge in [0, 0.05) is 24.4 Å². The Kier molecular flexibility index (Phi) is 3.79. The summed E-state index contributed by atoms with van der Waals surface area (Å²) in [5.41, 5.74) is 0.979. The summed E-state index contributed by atoms with van der Waals surface area (Å²) in [5, 5.41) is 9.87. The first-order valence-corrected chi connectivity index (χ1v) is 5.53. The van der Waals surface area contributed by atoms with E-state index in [0.29, 0.717) is 11.1 Å². The number of benzene rings is 1. The van der Waals surface area contributed by atoms with Crippen LogP contribution in [0.2, 0.25) is 0 Å². The summed E-state index contributed by atoms with van der Waals surface area (Å²) < 4.78 is 12.7. The summed E-state index contributed by atoms with van der Waals surface area (Å²) in [6.45, 7) is 0. The number of hydrogen-bond donors (Lipinski definition) is 1. The zero-order chi connectivity index (χ0) is 13.0. The molecule has 0 spiro atoms. The minimum Gasteiger partial charge on any atom is -0.388 e. The van der Waals surface area contributed by atoms with Crippen molar-refractivity contribution >= 4 is 5.78 Å². The Morgan fingerprint density at radius 2 is 2.00 bits per heavy atom. The second-order valence-corrected chi connectivity index (χ2v) is 3.94. The number of ketones is 1. The molecule has 1 heterocycles. The number of hydrogen-bond acceptors (Lipinski definition) is 3. The smallest absolute Gasteiger partial charge is 0.165 e. The number of nitrogens with zero attached hydrogens (tertiary/aromatic N) is 1. The second-order valence-electron chi connectivity index (χ2n) is 3.94. The summed E-state index contributed by atoms with van der Waals surface area (Å²) in [5.74, 6) is -0.620. The lowest BCUT2D eigenvalue weighted by atomic mass is 10.0. The number of pyridine rings is 1. The molecule has 1 atom stereocenters. The van der Waals surface area contributed by atoms with Crippen molar-refractivity contribution in [1.82, 2.24) is 4.98 Å². The van der Waals surface area contributed by atoms with Crippen molar-refractivity contribution in [2.24, 2.45) is 0 Å². The molecule has 1 N–H and O–H groups in total. The fraction of sp³-hybridized carbons (Fsp3) is 0.143. The molecule has 0 bridgehead atoms. The molecule has 0 aliphatic rings. The molecule has 92 valence electrons. The van der Waals surface area contributed by atoms with Gasteiger partial charge in [0.1, 0.15) is 5.82 Å². The van der Waals surface area contributed by atoms with Gasteiger partial charge in [-0.05, 0) is 35.9 Å². The van der Waals surface area contributed by atoms with Crippen LogP contribution >= 0.6 is 0 Å². The van der Waals surface area contributed by atoms with Gasteiger partial charge in [0.15, 0.2) is 5.78 Å². The van der Waals surface area contributed by atoms with Gasteiger partial charge in [-0.2, -0.15) is 0 Å². The van der Waals surface area contributed by atoms with Gasteiger partial charge in [0.2, 0.25) is 0 Å². The predicted octanol–water partition coefficient (Wildman–Crippen LogP) is 2.53. The third kappa shape index (κ3) is 2.99. The molecule has 0 saturated heterocycles. The van der Waals surface area contributed by atoms with Crippen molar-refractivity contribution in [3.05, 3.63) is 65.7 Å². The highest BCUT2D eigenvalue weighted by Crippen LogP contribution is 2.18. The highest BCUT2D eigenvalue weighted by Gasteiger charge is 2.14. The fourth-order valence-electron chi connectivity index (χ4n) is 1.62. The minimum atomic E-state index is -0.892. The number of aliphatic hydroxyl groups excluding tert-OH is 1. The van der Waals surface area contributed by atoms with Gasteiger partial charge in [-0.1, -0.05) is 6.07 Å². The standard InChI is InChI=1S/C14H12FNO2/c15-12-5-3-10(4-6-12)13(17)8-14(18)11-2-1-7-16-9-11/h1-7,9,14,18H,8H2. The molecule has 0 amide bonds. The van der Waals surface area contributed by atoms with Crippen molar-refractivity contribution < 1.29 is 14.3 Å². The Bertz CT molecular complexity index is 525. The van der Waals surface area contributed by atoms with Crippen molar-refractivity contribution in [1.29, 1.82) is 0 Å². The summed E-state index contributed by atoms with van der Waals surface area (Å²) in [7, 11) is 0. The van der Waals surface area contributed by atoms with Crippen LogP contribution in [-0.2, 0) is 0 Å². The van der Waals surface area contributed by atoms with Gasteiger partial charge in [0.25, 0.3) is 0 Å². The summed E-state index contributed by atoms with van der Waals surface area (Å²) >= 11 is 0. The average Bonchev–Trinajstić information content (AvgIpc) is 2.40. The highest BCUT2D eigenvalue weighted by molar-refractivity contribution is 5.96. The maximum absolute atomic E-state index is 12.7. The molecular weight excluding hydrogens is 233 g/mol. The van der Waals surface area contributed by atoms with Crippen molar-refractivity contribution in [3.8, 4) is 0 Å². The highest BCUT2D eigenvalue weighted by atomic mass is 19.1. The third-order valence-corrected chi connectivity index (χ3v) is 2.61. The molecule has 0 fully saturated rings. The topological polar surface area (TPSA) is 50.2 Å². The van der Waals surface area contributed by atoms with E-state index in [0.717, 1.165) is 0 Å². The third-order valence-electron chi connectivity index (χ3n) is 2.61. The Labute approximate surface area is 104 Å². The van der Waals surface area contributed by atoms with Crippen LogP contribution in [0.4, 0.5) is 4.39 Å². The number of rotatable bonds is 4. The first kappa shape index (κ1) is 12.4. The Morgan fingerprint density at radius 1 is 1.28 bits per heavy atom. The minimum absolute atomic E-state index is 0.0443. The fourth-order valence-corrected chi connectivity index (χ4v) is 1.62. The number of aliphatic hydroxyl groups is 1. The summed E-state index contributed by atoms with van der Waals surface area (Å²) in [4.78, 5) is 15.7. The molecule has 0 saturated carbocycles. The maximum Gasteiger partial charge on any atom is 0.165 e. The van der Waals surface area contributed by atoms with Crippen LogP contribution in [0.25, 0.3) is 0 Å². The maximum atomic E-state index is 12.7. The largest absolute Gasteiger partial charge is 0.388 e. The van der Waals surface area contributed by atoms with Crippen LogP contribution in [0.3, 0.4) is 0 Å². The van der Waals surface area contributed by atoms with E-state index in [2.05, 4.69) is 4.98 Å². The first-order chi connectivity index (χ1) is 8.66. The molecule has 3 nitrogen and oxygen atoms in total. The van der Waals surface area contributed by atoms with Gasteiger partial charge in [-0.25, -0.2) is 4.39 Å². The molecule has 1 aromatic carbocycles. The van der Waals surface area contributed by atoms with E-state index in [1.807, 2.05) is 0 Å². The lowest BCUT2D eigenvalue weighted by Gasteiger charge is -2.09.